The molecule has 1 aliphatic carbocycles. The number of nitrogens with zero attached hydrogens (tertiary/aromatic N) is 6. The molecule has 2 atom stereocenters. The Morgan fingerprint density at radius 1 is 1.18 bits per heavy atom. The number of aromatic nitrogens is 5. The zero-order valence-corrected chi connectivity index (χ0v) is 19.0. The van der Waals surface area contributed by atoms with Gasteiger partial charge in [-0.05, 0) is 49.8 Å². The van der Waals surface area contributed by atoms with Gasteiger partial charge in [0.15, 0.2) is 0 Å². The number of nitrogen functional groups attached to an aromatic ring is 1. The number of halogens is 4. The summed E-state index contributed by atoms with van der Waals surface area (Å²) < 4.78 is 42.4. The summed E-state index contributed by atoms with van der Waals surface area (Å²) in [5, 5.41) is 8.51. The number of hydrogen-bond donors (Lipinski definition) is 1. The highest BCUT2D eigenvalue weighted by molar-refractivity contribution is 6.31. The zero-order valence-electron chi connectivity index (χ0n) is 18.3. The number of benzene rings is 1. The molecule has 4 heterocycles. The van der Waals surface area contributed by atoms with Crippen LogP contribution in [0.15, 0.2) is 30.6 Å². The predicted octanol–water partition coefficient (Wildman–Crippen LogP) is 4.23. The number of carbonyl (C=O) groups excluding carboxylic acids is 1. The van der Waals surface area contributed by atoms with Crippen molar-refractivity contribution < 1.29 is 18.0 Å². The van der Waals surface area contributed by atoms with Crippen molar-refractivity contribution in [1.29, 1.82) is 0 Å². The Morgan fingerprint density at radius 3 is 2.50 bits per heavy atom. The zero-order chi connectivity index (χ0) is 24.4. The fourth-order valence-corrected chi connectivity index (χ4v) is 5.38. The van der Waals surface area contributed by atoms with Crippen LogP contribution in [0, 0.1) is 18.8 Å². The van der Waals surface area contributed by atoms with E-state index in [4.69, 9.17) is 17.3 Å². The standard InChI is InChI=1S/C22H21ClF3N7O/c1-10-12-7-14(8-12)32(19(10)18-17(22(24,25)26)11(2)30-21(27)31-18)20(34)15-9-13(23)3-4-16(15)33-28-5-6-29-33/h3-6,9-10,12,14,19H,7-8H2,1-2H3,(H2,27,30,31)/t10-,12?,14?,19+/m1/s1. The lowest BCUT2D eigenvalue weighted by atomic mass is 9.63. The third-order valence-electron chi connectivity index (χ3n) is 6.84. The first-order chi connectivity index (χ1) is 16.1. The summed E-state index contributed by atoms with van der Waals surface area (Å²) in [6.07, 6.45) is -0.357. The molecule has 2 aromatic heterocycles. The number of alkyl halides is 3. The fraction of sp³-hybridized carbons (Fsp3) is 0.409. The Labute approximate surface area is 197 Å². The van der Waals surface area contributed by atoms with Crippen LogP contribution in [0.2, 0.25) is 5.02 Å². The second kappa shape index (κ2) is 7.93. The normalized spacial score (nSPS) is 24.1. The lowest BCUT2D eigenvalue weighted by molar-refractivity contribution is -0.141. The molecule has 6 rings (SSSR count). The molecule has 0 radical (unpaired) electrons. The topological polar surface area (TPSA) is 103 Å². The van der Waals surface area contributed by atoms with Gasteiger partial charge in [0.25, 0.3) is 5.91 Å². The largest absolute Gasteiger partial charge is 0.419 e. The molecule has 2 bridgehead atoms. The van der Waals surface area contributed by atoms with Gasteiger partial charge in [-0.25, -0.2) is 9.97 Å². The smallest absolute Gasteiger partial charge is 0.368 e. The van der Waals surface area contributed by atoms with Crippen molar-refractivity contribution in [2.75, 3.05) is 5.73 Å². The first-order valence-corrected chi connectivity index (χ1v) is 11.1. The highest BCUT2D eigenvalue weighted by atomic mass is 35.5. The van der Waals surface area contributed by atoms with E-state index in [2.05, 4.69) is 20.2 Å². The number of rotatable bonds is 3. The molecule has 12 heteroatoms. The summed E-state index contributed by atoms with van der Waals surface area (Å²) in [7, 11) is 0. The fourth-order valence-electron chi connectivity index (χ4n) is 5.21. The van der Waals surface area contributed by atoms with E-state index in [1.807, 2.05) is 6.92 Å². The van der Waals surface area contributed by atoms with Crippen molar-refractivity contribution in [3.8, 4) is 5.69 Å². The Morgan fingerprint density at radius 2 is 1.85 bits per heavy atom. The van der Waals surface area contributed by atoms with Crippen LogP contribution >= 0.6 is 11.6 Å². The van der Waals surface area contributed by atoms with Crippen LogP contribution in [-0.4, -0.2) is 41.8 Å². The molecule has 3 aliphatic rings. The van der Waals surface area contributed by atoms with Gasteiger partial charge < -0.3 is 10.6 Å². The maximum Gasteiger partial charge on any atom is 0.419 e. The molecule has 2 N–H and O–H groups in total. The van der Waals surface area contributed by atoms with E-state index in [-0.39, 0.29) is 40.8 Å². The van der Waals surface area contributed by atoms with Crippen molar-refractivity contribution in [2.24, 2.45) is 11.8 Å². The molecular weight excluding hydrogens is 471 g/mol. The summed E-state index contributed by atoms with van der Waals surface area (Å²) in [5.41, 5.74) is 4.87. The third kappa shape index (κ3) is 3.58. The molecule has 178 valence electrons. The van der Waals surface area contributed by atoms with Gasteiger partial charge >= 0.3 is 6.18 Å². The predicted molar refractivity (Wildman–Crippen MR) is 117 cm³/mol. The van der Waals surface area contributed by atoms with E-state index in [1.54, 1.807) is 12.1 Å². The molecule has 8 nitrogen and oxygen atoms in total. The quantitative estimate of drug-likeness (QED) is 0.588. The Bertz CT molecular complexity index is 1260. The number of nitrogens with two attached hydrogens (primary N) is 1. The molecule has 2 aliphatic heterocycles. The van der Waals surface area contributed by atoms with Gasteiger partial charge in [-0.15, -0.1) is 0 Å². The summed E-state index contributed by atoms with van der Waals surface area (Å²) in [5.74, 6) is -0.807. The van der Waals surface area contributed by atoms with Gasteiger partial charge in [-0.3, -0.25) is 4.79 Å². The van der Waals surface area contributed by atoms with Gasteiger partial charge in [-0.2, -0.15) is 28.2 Å². The van der Waals surface area contributed by atoms with E-state index < -0.39 is 23.7 Å². The average Bonchev–Trinajstić information content (AvgIpc) is 3.24. The monoisotopic (exact) mass is 491 g/mol. The summed E-state index contributed by atoms with van der Waals surface area (Å²) in [4.78, 5) is 24.6. The molecule has 0 spiro atoms. The highest BCUT2D eigenvalue weighted by Crippen LogP contribution is 2.54. The number of anilines is 1. The highest BCUT2D eigenvalue weighted by Gasteiger charge is 2.54. The van der Waals surface area contributed by atoms with Crippen molar-refractivity contribution in [1.82, 2.24) is 29.9 Å². The van der Waals surface area contributed by atoms with Crippen molar-refractivity contribution in [3.63, 3.8) is 0 Å². The molecule has 1 aromatic carbocycles. The lowest BCUT2D eigenvalue weighted by Gasteiger charge is -2.57. The second-order valence-electron chi connectivity index (χ2n) is 8.81. The van der Waals surface area contributed by atoms with Crippen LogP contribution in [-0.2, 0) is 6.18 Å². The summed E-state index contributed by atoms with van der Waals surface area (Å²) in [6, 6.07) is 3.54. The minimum atomic E-state index is -4.70. The molecule has 1 amide bonds. The maximum absolute atomic E-state index is 14.1. The van der Waals surface area contributed by atoms with Crippen LogP contribution in [0.4, 0.5) is 19.1 Å². The molecule has 3 aromatic rings. The second-order valence-corrected chi connectivity index (χ2v) is 9.24. The SMILES string of the molecule is Cc1nc(N)nc([C@@H]2[C@H](C)C3CC(C3)N2C(=O)c2cc(Cl)ccc2-n2nccn2)c1C(F)(F)F. The Kier molecular flexibility index (Phi) is 5.27. The van der Waals surface area contributed by atoms with Crippen LogP contribution in [0.5, 0.6) is 0 Å². The molecule has 1 saturated carbocycles. The van der Waals surface area contributed by atoms with Gasteiger partial charge in [-0.1, -0.05) is 18.5 Å². The van der Waals surface area contributed by atoms with Crippen LogP contribution in [0.1, 0.15) is 53.1 Å². The molecule has 34 heavy (non-hydrogen) atoms. The van der Waals surface area contributed by atoms with Crippen molar-refractivity contribution in [2.45, 2.75) is 44.9 Å². The molecule has 2 saturated heterocycles. The van der Waals surface area contributed by atoms with E-state index in [1.165, 1.54) is 35.1 Å². The Hall–Kier alpha value is -3.21. The number of carbonyl (C=O) groups is 1. The van der Waals surface area contributed by atoms with Crippen LogP contribution in [0.3, 0.4) is 0 Å². The van der Waals surface area contributed by atoms with Crippen LogP contribution in [0.25, 0.3) is 5.69 Å². The third-order valence-corrected chi connectivity index (χ3v) is 7.08. The van der Waals surface area contributed by atoms with E-state index >= 15 is 0 Å². The first kappa shape index (κ1) is 22.6. The number of piperidine rings is 2. The van der Waals surface area contributed by atoms with Crippen LogP contribution < -0.4 is 5.73 Å². The molecule has 3 fully saturated rings. The minimum absolute atomic E-state index is 0.184. The number of amides is 1. The lowest BCUT2D eigenvalue weighted by Crippen LogP contribution is -2.59. The molecule has 0 unspecified atom stereocenters. The Balaban J connectivity index is 1.67. The minimum Gasteiger partial charge on any atom is -0.368 e. The van der Waals surface area contributed by atoms with Gasteiger partial charge in [0.05, 0.1) is 41.1 Å². The van der Waals surface area contributed by atoms with Gasteiger partial charge in [0, 0.05) is 11.1 Å². The van der Waals surface area contributed by atoms with E-state index in [9.17, 15) is 18.0 Å². The van der Waals surface area contributed by atoms with Gasteiger partial charge in [0.1, 0.15) is 5.56 Å². The van der Waals surface area contributed by atoms with Crippen molar-refractivity contribution >= 4 is 23.5 Å². The molecular formula is C22H21ClF3N7O. The first-order valence-electron chi connectivity index (χ1n) is 10.8. The number of fused-ring (bicyclic) bond motifs is 2. The summed E-state index contributed by atoms with van der Waals surface area (Å²) >= 11 is 6.21. The number of aryl methyl sites for hydroxylation is 1. The maximum atomic E-state index is 14.1. The van der Waals surface area contributed by atoms with Crippen molar-refractivity contribution in [3.05, 3.63) is 58.1 Å². The van der Waals surface area contributed by atoms with E-state index in [0.717, 1.165) is 0 Å². The van der Waals surface area contributed by atoms with E-state index in [0.29, 0.717) is 23.6 Å². The van der Waals surface area contributed by atoms with Gasteiger partial charge in [0.2, 0.25) is 5.95 Å². The average molecular weight is 492 g/mol. The summed E-state index contributed by atoms with van der Waals surface area (Å²) in [6.45, 7) is 3.11. The number of hydrogen-bond acceptors (Lipinski definition) is 6.